The van der Waals surface area contributed by atoms with Gasteiger partial charge in [0.2, 0.25) is 0 Å². The van der Waals surface area contributed by atoms with Crippen molar-refractivity contribution in [3.05, 3.63) is 130 Å². The van der Waals surface area contributed by atoms with Crippen molar-refractivity contribution in [1.29, 1.82) is 0 Å². The number of aliphatic imine (C=N–C) groups is 1. The summed E-state index contributed by atoms with van der Waals surface area (Å²) in [6, 6.07) is 2.26. The molecule has 1 aromatic heterocycles. The molecular weight excluding hydrogens is 496 g/mol. The Hall–Kier alpha value is -4.00. The van der Waals surface area contributed by atoms with Crippen LogP contribution in [0.2, 0.25) is 0 Å². The highest BCUT2D eigenvalue weighted by molar-refractivity contribution is 5.91. The number of hydrogen-bond acceptors (Lipinski definition) is 2. The van der Waals surface area contributed by atoms with Crippen molar-refractivity contribution in [2.75, 3.05) is 0 Å². The first-order valence-corrected chi connectivity index (χ1v) is 15.3. The number of fused-ring (bicyclic) bond motifs is 2. The summed E-state index contributed by atoms with van der Waals surface area (Å²) in [5.41, 5.74) is 14.7. The molecule has 3 aliphatic rings. The fourth-order valence-electron chi connectivity index (χ4n) is 4.82. The molecular formula is C39H46N2. The van der Waals surface area contributed by atoms with E-state index in [0.29, 0.717) is 0 Å². The normalized spacial score (nSPS) is 16.4. The maximum atomic E-state index is 5.24. The fourth-order valence-corrected chi connectivity index (χ4v) is 4.82. The minimum absolute atomic E-state index is 0.790. The second kappa shape index (κ2) is 17.0. The van der Waals surface area contributed by atoms with Crippen LogP contribution >= 0.6 is 0 Å². The largest absolute Gasteiger partial charge is 0.246 e. The topological polar surface area (TPSA) is 25.2 Å². The Bertz CT molecular complexity index is 1440. The summed E-state index contributed by atoms with van der Waals surface area (Å²) >= 11 is 0. The molecule has 2 bridgehead atoms. The van der Waals surface area contributed by atoms with E-state index in [9.17, 15) is 0 Å². The summed E-state index contributed by atoms with van der Waals surface area (Å²) in [6.07, 6.45) is 38.5. The first kappa shape index (κ1) is 31.5. The van der Waals surface area contributed by atoms with Gasteiger partial charge in [0, 0.05) is 17.4 Å². The second-order valence-electron chi connectivity index (χ2n) is 9.78. The Morgan fingerprint density at radius 1 is 0.976 bits per heavy atom. The van der Waals surface area contributed by atoms with Gasteiger partial charge in [-0.25, -0.2) is 9.98 Å². The van der Waals surface area contributed by atoms with Crippen LogP contribution in [-0.2, 0) is 0 Å². The maximum Gasteiger partial charge on any atom is 0.132 e. The van der Waals surface area contributed by atoms with Gasteiger partial charge < -0.3 is 0 Å². The molecule has 0 spiro atoms. The van der Waals surface area contributed by atoms with E-state index in [2.05, 4.69) is 125 Å². The summed E-state index contributed by atoms with van der Waals surface area (Å²) in [4.78, 5) is 10.1. The lowest BCUT2D eigenvalue weighted by Crippen LogP contribution is -2.02. The zero-order chi connectivity index (χ0) is 29.5. The molecule has 1 aliphatic heterocycles. The van der Waals surface area contributed by atoms with Gasteiger partial charge >= 0.3 is 0 Å². The number of allylic oxidation sites excluding steroid dienone is 18. The molecule has 0 amide bonds. The van der Waals surface area contributed by atoms with Gasteiger partial charge in [0.1, 0.15) is 11.4 Å². The molecule has 0 saturated heterocycles. The predicted octanol–water partition coefficient (Wildman–Crippen LogP) is 11.4. The van der Waals surface area contributed by atoms with E-state index in [1.54, 1.807) is 0 Å². The quantitative estimate of drug-likeness (QED) is 0.164. The molecule has 0 atom stereocenters. The number of hydrogen-bond donors (Lipinski definition) is 0. The number of nitrogens with zero attached hydrogens (tertiary/aromatic N) is 2. The molecule has 2 aliphatic carbocycles. The van der Waals surface area contributed by atoms with Crippen molar-refractivity contribution in [3.63, 3.8) is 0 Å². The lowest BCUT2D eigenvalue weighted by molar-refractivity contribution is 1.14. The van der Waals surface area contributed by atoms with Crippen molar-refractivity contribution in [1.82, 2.24) is 4.98 Å². The van der Waals surface area contributed by atoms with E-state index in [-0.39, 0.29) is 0 Å². The van der Waals surface area contributed by atoms with Gasteiger partial charge in [0.15, 0.2) is 0 Å². The molecule has 0 saturated carbocycles. The van der Waals surface area contributed by atoms with E-state index < -0.39 is 0 Å². The third-order valence-electron chi connectivity index (χ3n) is 7.05. The molecule has 0 radical (unpaired) electrons. The van der Waals surface area contributed by atoms with Gasteiger partial charge in [-0.2, -0.15) is 0 Å². The molecule has 0 unspecified atom stereocenters. The molecule has 2 heterocycles. The van der Waals surface area contributed by atoms with Crippen molar-refractivity contribution < 1.29 is 0 Å². The van der Waals surface area contributed by atoms with Crippen LogP contribution in [0, 0.1) is 0 Å². The molecule has 4 rings (SSSR count). The molecule has 1 aromatic rings. The summed E-state index contributed by atoms with van der Waals surface area (Å²) in [6.45, 7) is 12.6. The van der Waals surface area contributed by atoms with Crippen LogP contribution in [0.4, 0.5) is 0 Å². The summed E-state index contributed by atoms with van der Waals surface area (Å²) in [5.74, 6) is 0. The Labute approximate surface area is 248 Å². The average molecular weight is 543 g/mol. The van der Waals surface area contributed by atoms with Gasteiger partial charge in [0.25, 0.3) is 0 Å². The highest BCUT2D eigenvalue weighted by Gasteiger charge is 2.20. The molecule has 2 heteroatoms. The van der Waals surface area contributed by atoms with Gasteiger partial charge in [-0.3, -0.25) is 0 Å². The summed E-state index contributed by atoms with van der Waals surface area (Å²) in [7, 11) is 0. The molecule has 0 fully saturated rings. The van der Waals surface area contributed by atoms with E-state index in [1.165, 1.54) is 27.9 Å². The first-order chi connectivity index (χ1) is 20.2. The minimum Gasteiger partial charge on any atom is -0.246 e. The lowest BCUT2D eigenvalue weighted by atomic mass is 9.93. The molecule has 0 aromatic carbocycles. The Balaban J connectivity index is 0.00000226. The highest BCUT2D eigenvalue weighted by Crippen LogP contribution is 2.35. The van der Waals surface area contributed by atoms with Gasteiger partial charge in [-0.15, -0.1) is 0 Å². The molecule has 41 heavy (non-hydrogen) atoms. The van der Waals surface area contributed by atoms with Gasteiger partial charge in [-0.05, 0) is 85.9 Å². The third kappa shape index (κ3) is 8.49. The monoisotopic (exact) mass is 542 g/mol. The number of aromatic nitrogens is 1. The maximum absolute atomic E-state index is 5.24. The molecule has 0 N–H and O–H groups in total. The van der Waals surface area contributed by atoms with Gasteiger partial charge in [0.05, 0.1) is 5.69 Å². The summed E-state index contributed by atoms with van der Waals surface area (Å²) in [5, 5.41) is 0. The minimum atomic E-state index is 0.790. The summed E-state index contributed by atoms with van der Waals surface area (Å²) < 4.78 is 0. The van der Waals surface area contributed by atoms with Gasteiger partial charge in [-0.1, -0.05) is 119 Å². The van der Waals surface area contributed by atoms with Crippen LogP contribution in [0.15, 0.2) is 112 Å². The van der Waals surface area contributed by atoms with E-state index >= 15 is 0 Å². The Morgan fingerprint density at radius 2 is 1.73 bits per heavy atom. The van der Waals surface area contributed by atoms with Crippen LogP contribution in [0.25, 0.3) is 22.9 Å². The third-order valence-corrected chi connectivity index (χ3v) is 7.05. The van der Waals surface area contributed by atoms with Crippen LogP contribution in [-0.4, -0.2) is 11.2 Å². The lowest BCUT2D eigenvalue weighted by Gasteiger charge is -2.16. The van der Waals surface area contributed by atoms with Crippen molar-refractivity contribution >= 4 is 29.1 Å². The Morgan fingerprint density at radius 3 is 2.44 bits per heavy atom. The molecule has 212 valence electrons. The number of rotatable bonds is 10. The molecule has 2 nitrogen and oxygen atoms in total. The van der Waals surface area contributed by atoms with Crippen molar-refractivity contribution in [2.45, 2.75) is 80.1 Å². The smallest absolute Gasteiger partial charge is 0.132 e. The SMILES string of the molecule is C/C=C(\C=C/CC)c1cc(/C(=C/C=C2CC=CC2)CC)nc2c1C=CC1=C=C2N=CC=C1C/C=C\C=C/CC.CC. The van der Waals surface area contributed by atoms with Crippen LogP contribution in [0.3, 0.4) is 0 Å². The average Bonchev–Trinajstić information content (AvgIpc) is 3.36. The second-order valence-corrected chi connectivity index (χ2v) is 9.78. The van der Waals surface area contributed by atoms with Crippen LogP contribution < -0.4 is 0 Å². The zero-order valence-corrected chi connectivity index (χ0v) is 25.9. The van der Waals surface area contributed by atoms with E-state index in [0.717, 1.165) is 66.7 Å². The van der Waals surface area contributed by atoms with Crippen LogP contribution in [0.5, 0.6) is 0 Å². The predicted molar refractivity (Wildman–Crippen MR) is 183 cm³/mol. The van der Waals surface area contributed by atoms with E-state index in [4.69, 9.17) is 9.98 Å². The number of pyridine rings is 1. The first-order valence-electron chi connectivity index (χ1n) is 15.3. The Kier molecular flexibility index (Phi) is 13.0. The highest BCUT2D eigenvalue weighted by atomic mass is 14.8. The van der Waals surface area contributed by atoms with Crippen molar-refractivity contribution in [3.8, 4) is 0 Å². The van der Waals surface area contributed by atoms with E-state index in [1.807, 2.05) is 20.1 Å². The fraction of sp³-hybridized carbons (Fsp3) is 0.308. The van der Waals surface area contributed by atoms with Crippen molar-refractivity contribution in [2.24, 2.45) is 4.99 Å². The van der Waals surface area contributed by atoms with Crippen LogP contribution in [0.1, 0.15) is 103 Å². The zero-order valence-electron chi connectivity index (χ0n) is 25.9. The standard InChI is InChI=1S/C37H40N2.C2H6/c1-5-9-11-12-13-19-31-24-25-38-36-26-32(31)22-23-33-34(29(7-3)18-10-6-2)27-35(39-37(33)36)30(8-4)21-20-28-16-14-15-17-28;1-2/h7,9-15,18,20-25,27H,5-6,8,16-17,19H2,1-4H3;1-2H3/b11-9-,13-12-,18-10-,29-7+,30-21+;.